The zero-order valence-corrected chi connectivity index (χ0v) is 14.3. The number of ketones is 1. The summed E-state index contributed by atoms with van der Waals surface area (Å²) in [6.45, 7) is 2.21. The molecule has 2 rings (SSSR count). The molecule has 1 atom stereocenters. The molecule has 0 heterocycles. The molecule has 0 saturated heterocycles. The van der Waals surface area contributed by atoms with E-state index in [1.54, 1.807) is 0 Å². The van der Waals surface area contributed by atoms with Gasteiger partial charge < -0.3 is 0 Å². The van der Waals surface area contributed by atoms with Crippen LogP contribution >= 0.6 is 23.5 Å². The van der Waals surface area contributed by atoms with Crippen LogP contribution in [0.5, 0.6) is 0 Å². The predicted octanol–water partition coefficient (Wildman–Crippen LogP) is 4.93. The van der Waals surface area contributed by atoms with Crippen LogP contribution in [-0.2, 0) is 4.79 Å². The number of hydrogen-bond donors (Lipinski definition) is 0. The van der Waals surface area contributed by atoms with E-state index in [0.29, 0.717) is 5.78 Å². The third-order valence-electron chi connectivity index (χ3n) is 3.72. The lowest BCUT2D eigenvalue weighted by atomic mass is 9.97. The highest BCUT2D eigenvalue weighted by molar-refractivity contribution is 8.00. The minimum Gasteiger partial charge on any atom is -0.294 e. The molecule has 0 fully saturated rings. The Morgan fingerprint density at radius 2 is 1.86 bits per heavy atom. The molecule has 1 aliphatic carbocycles. The lowest BCUT2D eigenvalue weighted by Crippen LogP contribution is -2.11. The Morgan fingerprint density at radius 3 is 2.62 bits per heavy atom. The Bertz CT molecular complexity index is 467. The molecular weight excluding hydrogens is 296 g/mol. The number of benzene rings is 1. The van der Waals surface area contributed by atoms with Gasteiger partial charge in [0.2, 0.25) is 0 Å². The highest BCUT2D eigenvalue weighted by Crippen LogP contribution is 2.31. The Morgan fingerprint density at radius 1 is 1.10 bits per heavy atom. The quantitative estimate of drug-likeness (QED) is 0.601. The van der Waals surface area contributed by atoms with Crippen LogP contribution in [0, 0.1) is 5.92 Å². The average Bonchev–Trinajstić information content (AvgIpc) is 2.88. The monoisotopic (exact) mass is 320 g/mol. The third kappa shape index (κ3) is 5.23. The van der Waals surface area contributed by atoms with E-state index in [-0.39, 0.29) is 5.92 Å². The molecule has 1 aliphatic rings. The summed E-state index contributed by atoms with van der Waals surface area (Å²) >= 11 is 4.01. The number of Topliss-reactive ketones (excluding diaryl/α,β-unsaturated/α-hetero) is 1. The number of rotatable bonds is 9. The third-order valence-corrected chi connectivity index (χ3v) is 5.81. The van der Waals surface area contributed by atoms with Crippen molar-refractivity contribution < 1.29 is 4.79 Å². The molecule has 1 nitrogen and oxygen atoms in total. The first-order chi connectivity index (χ1) is 10.3. The normalized spacial score (nSPS) is 18.0. The van der Waals surface area contributed by atoms with Crippen molar-refractivity contribution >= 4 is 34.9 Å². The first-order valence-electron chi connectivity index (χ1n) is 7.78. The highest BCUT2D eigenvalue weighted by atomic mass is 32.2. The lowest BCUT2D eigenvalue weighted by Gasteiger charge is -2.09. The molecule has 0 amide bonds. The molecule has 1 aromatic rings. The second kappa shape index (κ2) is 9.37. The molecule has 1 unspecified atom stereocenters. The van der Waals surface area contributed by atoms with E-state index >= 15 is 0 Å². The maximum absolute atomic E-state index is 12.4. The van der Waals surface area contributed by atoms with Crippen molar-refractivity contribution in [2.75, 3.05) is 23.0 Å². The standard InChI is InChI=1S/C18H24OS2/c1-2-20-12-6-13-21-14-11-16-9-10-17(18(16)19)15-7-4-3-5-8-15/h3-5,7-8,10,16H,2,6,9,11-14H2,1H3. The van der Waals surface area contributed by atoms with Crippen molar-refractivity contribution in [3.63, 3.8) is 0 Å². The van der Waals surface area contributed by atoms with Gasteiger partial charge >= 0.3 is 0 Å². The summed E-state index contributed by atoms with van der Waals surface area (Å²) < 4.78 is 0. The lowest BCUT2D eigenvalue weighted by molar-refractivity contribution is -0.116. The van der Waals surface area contributed by atoms with Crippen LogP contribution in [0.3, 0.4) is 0 Å². The van der Waals surface area contributed by atoms with E-state index in [4.69, 9.17) is 0 Å². The van der Waals surface area contributed by atoms with Crippen molar-refractivity contribution in [3.05, 3.63) is 42.0 Å². The first-order valence-corrected chi connectivity index (χ1v) is 10.1. The largest absolute Gasteiger partial charge is 0.294 e. The molecule has 0 aliphatic heterocycles. The Kier molecular flexibility index (Phi) is 7.45. The van der Waals surface area contributed by atoms with Gasteiger partial charge in [0.1, 0.15) is 0 Å². The molecular formula is C18H24OS2. The van der Waals surface area contributed by atoms with Gasteiger partial charge in [0.15, 0.2) is 5.78 Å². The van der Waals surface area contributed by atoms with Crippen LogP contribution in [-0.4, -0.2) is 28.8 Å². The SMILES string of the molecule is CCSCCCSCCC1CC=C(c2ccccc2)C1=O. The summed E-state index contributed by atoms with van der Waals surface area (Å²) in [4.78, 5) is 12.4. The van der Waals surface area contributed by atoms with Crippen LogP contribution in [0.1, 0.15) is 31.7 Å². The Labute approximate surface area is 137 Å². The van der Waals surface area contributed by atoms with Crippen molar-refractivity contribution in [2.24, 2.45) is 5.92 Å². The first kappa shape index (κ1) is 16.7. The van der Waals surface area contributed by atoms with Gasteiger partial charge in [-0.25, -0.2) is 0 Å². The van der Waals surface area contributed by atoms with Gasteiger partial charge in [0.25, 0.3) is 0 Å². The number of thioether (sulfide) groups is 2. The van der Waals surface area contributed by atoms with Crippen LogP contribution in [0.25, 0.3) is 5.57 Å². The molecule has 0 spiro atoms. The van der Waals surface area contributed by atoms with Gasteiger partial charge in [-0.3, -0.25) is 4.79 Å². The van der Waals surface area contributed by atoms with Crippen LogP contribution in [0.4, 0.5) is 0 Å². The molecule has 114 valence electrons. The van der Waals surface area contributed by atoms with Crippen LogP contribution in [0.15, 0.2) is 36.4 Å². The molecule has 21 heavy (non-hydrogen) atoms. The zero-order chi connectivity index (χ0) is 14.9. The zero-order valence-electron chi connectivity index (χ0n) is 12.7. The summed E-state index contributed by atoms with van der Waals surface area (Å²) in [6.07, 6.45) is 5.37. The molecule has 0 bridgehead atoms. The maximum atomic E-state index is 12.4. The van der Waals surface area contributed by atoms with E-state index < -0.39 is 0 Å². The van der Waals surface area contributed by atoms with E-state index in [9.17, 15) is 4.79 Å². The average molecular weight is 321 g/mol. The van der Waals surface area contributed by atoms with Crippen molar-refractivity contribution in [2.45, 2.75) is 26.2 Å². The smallest absolute Gasteiger partial charge is 0.166 e. The van der Waals surface area contributed by atoms with E-state index in [0.717, 1.165) is 29.7 Å². The highest BCUT2D eigenvalue weighted by Gasteiger charge is 2.27. The van der Waals surface area contributed by atoms with Gasteiger partial charge in [0.05, 0.1) is 0 Å². The van der Waals surface area contributed by atoms with Gasteiger partial charge in [-0.1, -0.05) is 43.3 Å². The fourth-order valence-electron chi connectivity index (χ4n) is 2.55. The van der Waals surface area contributed by atoms with Gasteiger partial charge in [-0.05, 0) is 47.8 Å². The van der Waals surface area contributed by atoms with Gasteiger partial charge in [-0.2, -0.15) is 23.5 Å². The predicted molar refractivity (Wildman–Crippen MR) is 97.1 cm³/mol. The summed E-state index contributed by atoms with van der Waals surface area (Å²) in [6, 6.07) is 10.1. The van der Waals surface area contributed by atoms with E-state index in [2.05, 4.69) is 13.0 Å². The summed E-state index contributed by atoms with van der Waals surface area (Å²) in [5.41, 5.74) is 2.01. The number of carbonyl (C=O) groups excluding carboxylic acids is 1. The van der Waals surface area contributed by atoms with E-state index in [1.165, 1.54) is 23.7 Å². The second-order valence-corrected chi connectivity index (χ2v) is 7.85. The fourth-order valence-corrected chi connectivity index (χ4v) is 4.37. The van der Waals surface area contributed by atoms with Crippen molar-refractivity contribution in [3.8, 4) is 0 Å². The number of carbonyl (C=O) groups is 1. The fraction of sp³-hybridized carbons (Fsp3) is 0.500. The molecule has 0 aromatic heterocycles. The van der Waals surface area contributed by atoms with Crippen molar-refractivity contribution in [1.29, 1.82) is 0 Å². The Balaban J connectivity index is 1.67. The van der Waals surface area contributed by atoms with E-state index in [1.807, 2.05) is 53.9 Å². The molecule has 0 N–H and O–H groups in total. The van der Waals surface area contributed by atoms with Crippen molar-refractivity contribution in [1.82, 2.24) is 0 Å². The minimum atomic E-state index is 0.220. The summed E-state index contributed by atoms with van der Waals surface area (Å²) in [7, 11) is 0. The minimum absolute atomic E-state index is 0.220. The summed E-state index contributed by atoms with van der Waals surface area (Å²) in [5.74, 6) is 5.40. The Hall–Kier alpha value is -0.670. The van der Waals surface area contributed by atoms with Gasteiger partial charge in [0, 0.05) is 11.5 Å². The topological polar surface area (TPSA) is 17.1 Å². The molecule has 1 aromatic carbocycles. The van der Waals surface area contributed by atoms with Crippen LogP contribution < -0.4 is 0 Å². The maximum Gasteiger partial charge on any atom is 0.166 e. The molecule has 0 saturated carbocycles. The second-order valence-electron chi connectivity index (χ2n) is 5.23. The molecule has 3 heteroatoms. The number of allylic oxidation sites excluding steroid dienone is 2. The van der Waals surface area contributed by atoms with Crippen LogP contribution in [0.2, 0.25) is 0 Å². The van der Waals surface area contributed by atoms with Gasteiger partial charge in [-0.15, -0.1) is 0 Å². The summed E-state index contributed by atoms with van der Waals surface area (Å²) in [5, 5.41) is 0. The number of hydrogen-bond acceptors (Lipinski definition) is 3. The molecule has 0 radical (unpaired) electrons.